The standard InChI is InChI=1S/C16H23F3N2O3S/c1-24-12-15-8-5-9-20(11-15)25(22,23)21(13-16(17,18)19)10-14-6-3-2-4-7-14/h2-4,6-7,15H,5,8-13H2,1H3. The monoisotopic (exact) mass is 380 g/mol. The Labute approximate surface area is 146 Å². The first-order chi connectivity index (χ1) is 11.7. The second kappa shape index (κ2) is 8.48. The van der Waals surface area contributed by atoms with Crippen molar-refractivity contribution >= 4 is 10.2 Å². The van der Waals surface area contributed by atoms with E-state index < -0.39 is 22.9 Å². The first-order valence-corrected chi connectivity index (χ1v) is 9.47. The molecule has 9 heteroatoms. The zero-order valence-electron chi connectivity index (χ0n) is 14.1. The van der Waals surface area contributed by atoms with E-state index in [9.17, 15) is 21.6 Å². The second-order valence-electron chi connectivity index (χ2n) is 6.20. The number of halogens is 3. The number of alkyl halides is 3. The first kappa shape index (κ1) is 20.2. The van der Waals surface area contributed by atoms with Crippen LogP contribution in [-0.4, -0.2) is 56.6 Å². The molecule has 1 saturated heterocycles. The fraction of sp³-hybridized carbons (Fsp3) is 0.625. The lowest BCUT2D eigenvalue weighted by Gasteiger charge is -2.35. The normalized spacial score (nSPS) is 20.1. The third kappa shape index (κ3) is 5.95. The summed E-state index contributed by atoms with van der Waals surface area (Å²) in [5.74, 6) is -0.00186. The van der Waals surface area contributed by atoms with Crippen LogP contribution in [0.25, 0.3) is 0 Å². The molecule has 1 aliphatic heterocycles. The van der Waals surface area contributed by atoms with Crippen LogP contribution in [0.2, 0.25) is 0 Å². The van der Waals surface area contributed by atoms with Gasteiger partial charge in [-0.3, -0.25) is 0 Å². The number of benzene rings is 1. The Hall–Kier alpha value is -1.16. The van der Waals surface area contributed by atoms with Crippen molar-refractivity contribution in [1.29, 1.82) is 0 Å². The molecule has 0 spiro atoms. The number of ether oxygens (including phenoxy) is 1. The lowest BCUT2D eigenvalue weighted by atomic mass is 10.0. The number of methoxy groups -OCH3 is 1. The largest absolute Gasteiger partial charge is 0.402 e. The number of rotatable bonds is 7. The summed E-state index contributed by atoms with van der Waals surface area (Å²) in [6.07, 6.45) is -3.19. The SMILES string of the molecule is COCC1CCCN(S(=O)(=O)N(Cc2ccccc2)CC(F)(F)F)C1. The van der Waals surface area contributed by atoms with Gasteiger partial charge in [0.1, 0.15) is 6.54 Å². The van der Waals surface area contributed by atoms with Gasteiger partial charge in [0.25, 0.3) is 10.2 Å². The van der Waals surface area contributed by atoms with Crippen molar-refractivity contribution in [3.8, 4) is 0 Å². The Bertz CT molecular complexity index is 636. The summed E-state index contributed by atoms with van der Waals surface area (Å²) >= 11 is 0. The molecular formula is C16H23F3N2O3S. The maximum absolute atomic E-state index is 13.0. The maximum atomic E-state index is 13.0. The molecule has 1 unspecified atom stereocenters. The molecule has 2 rings (SSSR count). The van der Waals surface area contributed by atoms with Crippen molar-refractivity contribution in [2.45, 2.75) is 25.6 Å². The van der Waals surface area contributed by atoms with Crippen LogP contribution in [0.3, 0.4) is 0 Å². The van der Waals surface area contributed by atoms with Crippen LogP contribution in [-0.2, 0) is 21.5 Å². The molecule has 5 nitrogen and oxygen atoms in total. The Morgan fingerprint density at radius 3 is 2.56 bits per heavy atom. The Morgan fingerprint density at radius 2 is 1.96 bits per heavy atom. The zero-order chi connectivity index (χ0) is 18.5. The lowest BCUT2D eigenvalue weighted by Crippen LogP contribution is -2.50. The number of nitrogens with zero attached hydrogens (tertiary/aromatic N) is 2. The van der Waals surface area contributed by atoms with E-state index in [-0.39, 0.29) is 25.6 Å². The predicted octanol–water partition coefficient (Wildman–Crippen LogP) is 2.65. The molecule has 142 valence electrons. The van der Waals surface area contributed by atoms with Crippen molar-refractivity contribution in [3.05, 3.63) is 35.9 Å². The van der Waals surface area contributed by atoms with Gasteiger partial charge in [0.05, 0.1) is 6.61 Å². The van der Waals surface area contributed by atoms with E-state index >= 15 is 0 Å². The third-order valence-electron chi connectivity index (χ3n) is 4.09. The van der Waals surface area contributed by atoms with Gasteiger partial charge < -0.3 is 4.74 Å². The highest BCUT2D eigenvalue weighted by molar-refractivity contribution is 7.86. The van der Waals surface area contributed by atoms with Gasteiger partial charge in [0.15, 0.2) is 0 Å². The summed E-state index contributed by atoms with van der Waals surface area (Å²) in [5.41, 5.74) is 0.515. The summed E-state index contributed by atoms with van der Waals surface area (Å²) in [7, 11) is -2.69. The molecule has 0 amide bonds. The summed E-state index contributed by atoms with van der Waals surface area (Å²) in [4.78, 5) is 0. The smallest absolute Gasteiger partial charge is 0.384 e. The Morgan fingerprint density at radius 1 is 1.28 bits per heavy atom. The highest BCUT2D eigenvalue weighted by Gasteiger charge is 2.40. The van der Waals surface area contributed by atoms with Crippen LogP contribution >= 0.6 is 0 Å². The van der Waals surface area contributed by atoms with E-state index in [1.54, 1.807) is 30.3 Å². The van der Waals surface area contributed by atoms with Gasteiger partial charge in [0.2, 0.25) is 0 Å². The fourth-order valence-corrected chi connectivity index (χ4v) is 4.68. The van der Waals surface area contributed by atoms with Crippen LogP contribution < -0.4 is 0 Å². The average Bonchev–Trinajstić information content (AvgIpc) is 2.54. The number of piperidine rings is 1. The molecule has 0 bridgehead atoms. The van der Waals surface area contributed by atoms with E-state index in [1.165, 1.54) is 7.11 Å². The van der Waals surface area contributed by atoms with E-state index in [0.29, 0.717) is 22.9 Å². The highest BCUT2D eigenvalue weighted by Crippen LogP contribution is 2.26. The van der Waals surface area contributed by atoms with Gasteiger partial charge in [-0.25, -0.2) is 0 Å². The third-order valence-corrected chi connectivity index (χ3v) is 5.99. The van der Waals surface area contributed by atoms with E-state index in [4.69, 9.17) is 4.74 Å². The zero-order valence-corrected chi connectivity index (χ0v) is 14.9. The molecule has 1 aromatic carbocycles. The molecule has 1 heterocycles. The maximum Gasteiger partial charge on any atom is 0.402 e. The van der Waals surface area contributed by atoms with Crippen LogP contribution in [0.5, 0.6) is 0 Å². The summed E-state index contributed by atoms with van der Waals surface area (Å²) < 4.78 is 71.3. The van der Waals surface area contributed by atoms with Gasteiger partial charge in [-0.2, -0.15) is 30.2 Å². The molecule has 1 aliphatic rings. The van der Waals surface area contributed by atoms with E-state index in [0.717, 1.165) is 10.7 Å². The summed E-state index contributed by atoms with van der Waals surface area (Å²) in [6, 6.07) is 8.30. The minimum absolute atomic E-state index is 0.00186. The molecule has 0 aromatic heterocycles. The quantitative estimate of drug-likeness (QED) is 0.731. The van der Waals surface area contributed by atoms with Crippen LogP contribution in [0, 0.1) is 5.92 Å². The van der Waals surface area contributed by atoms with Gasteiger partial charge in [0, 0.05) is 26.7 Å². The van der Waals surface area contributed by atoms with Gasteiger partial charge in [-0.1, -0.05) is 30.3 Å². The van der Waals surface area contributed by atoms with Crippen molar-refractivity contribution in [2.75, 3.05) is 33.4 Å². The van der Waals surface area contributed by atoms with Crippen molar-refractivity contribution in [2.24, 2.45) is 5.92 Å². The molecule has 1 fully saturated rings. The highest BCUT2D eigenvalue weighted by atomic mass is 32.2. The van der Waals surface area contributed by atoms with Gasteiger partial charge >= 0.3 is 6.18 Å². The van der Waals surface area contributed by atoms with Gasteiger partial charge in [-0.15, -0.1) is 0 Å². The van der Waals surface area contributed by atoms with Gasteiger partial charge in [-0.05, 0) is 24.3 Å². The van der Waals surface area contributed by atoms with Crippen LogP contribution in [0.1, 0.15) is 18.4 Å². The Kier molecular flexibility index (Phi) is 6.84. The molecule has 0 N–H and O–H groups in total. The van der Waals surface area contributed by atoms with Crippen molar-refractivity contribution in [3.63, 3.8) is 0 Å². The predicted molar refractivity (Wildman–Crippen MR) is 88.0 cm³/mol. The molecule has 1 atom stereocenters. The first-order valence-electron chi connectivity index (χ1n) is 8.07. The second-order valence-corrected chi connectivity index (χ2v) is 8.13. The molecule has 0 saturated carbocycles. The topological polar surface area (TPSA) is 49.9 Å². The van der Waals surface area contributed by atoms with Crippen molar-refractivity contribution in [1.82, 2.24) is 8.61 Å². The number of hydrogen-bond donors (Lipinski definition) is 0. The minimum atomic E-state index is -4.61. The number of hydrogen-bond acceptors (Lipinski definition) is 3. The fourth-order valence-electron chi connectivity index (χ4n) is 2.98. The van der Waals surface area contributed by atoms with E-state index in [1.807, 2.05) is 0 Å². The lowest BCUT2D eigenvalue weighted by molar-refractivity contribution is -0.137. The van der Waals surface area contributed by atoms with Crippen LogP contribution in [0.15, 0.2) is 30.3 Å². The molecule has 0 aliphatic carbocycles. The molecule has 0 radical (unpaired) electrons. The molecule has 25 heavy (non-hydrogen) atoms. The van der Waals surface area contributed by atoms with Crippen LogP contribution in [0.4, 0.5) is 13.2 Å². The van der Waals surface area contributed by atoms with Crippen molar-refractivity contribution < 1.29 is 26.3 Å². The Balaban J connectivity index is 2.21. The summed E-state index contributed by atoms with van der Waals surface area (Å²) in [5, 5.41) is 0. The average molecular weight is 380 g/mol. The summed E-state index contributed by atoms with van der Waals surface area (Å²) in [6.45, 7) is -1.02. The minimum Gasteiger partial charge on any atom is -0.384 e. The molecule has 1 aromatic rings. The molecular weight excluding hydrogens is 357 g/mol. The van der Waals surface area contributed by atoms with E-state index in [2.05, 4.69) is 0 Å².